The first-order valence-electron chi connectivity index (χ1n) is 8.10. The van der Waals surface area contributed by atoms with Gasteiger partial charge in [0.15, 0.2) is 0 Å². The number of para-hydroxylation sites is 1. The fraction of sp³-hybridized carbons (Fsp3) is 0.294. The van der Waals surface area contributed by atoms with Crippen LogP contribution in [0.4, 0.5) is 0 Å². The van der Waals surface area contributed by atoms with Gasteiger partial charge in [-0.1, -0.05) is 12.1 Å². The number of H-pyrrole nitrogens is 1. The van der Waals surface area contributed by atoms with Gasteiger partial charge in [0, 0.05) is 11.3 Å². The summed E-state index contributed by atoms with van der Waals surface area (Å²) in [6, 6.07) is 5.28. The lowest BCUT2D eigenvalue weighted by Gasteiger charge is -2.17. The molecule has 0 amide bonds. The number of benzene rings is 1. The Hall–Kier alpha value is -3.01. The summed E-state index contributed by atoms with van der Waals surface area (Å²) in [4.78, 5) is 31.2. The molecule has 142 valence electrons. The number of nitrogens with one attached hydrogen (secondary N) is 2. The molecule has 0 atom stereocenters. The van der Waals surface area contributed by atoms with E-state index in [0.29, 0.717) is 22.2 Å². The zero-order valence-electron chi connectivity index (χ0n) is 15.0. The Morgan fingerprint density at radius 2 is 1.96 bits per heavy atom. The number of aromatic nitrogens is 2. The molecule has 0 spiro atoms. The lowest BCUT2D eigenvalue weighted by atomic mass is 10.1. The van der Waals surface area contributed by atoms with Crippen LogP contribution in [-0.4, -0.2) is 30.1 Å². The summed E-state index contributed by atoms with van der Waals surface area (Å²) in [5.41, 5.74) is 2.09. The number of rotatable bonds is 4. The minimum Gasteiger partial charge on any atom is -0.457 e. The monoisotopic (exact) mass is 390 g/mol. The first kappa shape index (κ1) is 18.8. The van der Waals surface area contributed by atoms with E-state index in [1.165, 1.54) is 6.92 Å². The van der Waals surface area contributed by atoms with Crippen LogP contribution in [0, 0.1) is 6.92 Å². The number of allylic oxidation sites excluding steroid dienone is 1. The van der Waals surface area contributed by atoms with E-state index in [1.807, 2.05) is 13.0 Å². The summed E-state index contributed by atoms with van der Waals surface area (Å²) in [5.74, 6) is -0.358. The quantitative estimate of drug-likeness (QED) is 0.756. The third kappa shape index (κ3) is 4.05. The van der Waals surface area contributed by atoms with Gasteiger partial charge in [0.05, 0.1) is 23.0 Å². The lowest BCUT2D eigenvalue weighted by Crippen LogP contribution is -2.28. The molecule has 0 unspecified atom stereocenters. The van der Waals surface area contributed by atoms with Crippen LogP contribution in [-0.2, 0) is 26.3 Å². The number of nitrogens with zero attached hydrogens (tertiary/aromatic N) is 2. The predicted octanol–water partition coefficient (Wildman–Crippen LogP) is 1.25. The Morgan fingerprint density at radius 1 is 1.22 bits per heavy atom. The van der Waals surface area contributed by atoms with E-state index in [4.69, 9.17) is 4.74 Å². The second-order valence-electron chi connectivity index (χ2n) is 6.18. The highest BCUT2D eigenvalue weighted by molar-refractivity contribution is 7.88. The zero-order chi connectivity index (χ0) is 19.8. The van der Waals surface area contributed by atoms with Crippen LogP contribution in [0.25, 0.3) is 10.9 Å². The Kier molecular flexibility index (Phi) is 4.83. The lowest BCUT2D eigenvalue weighted by molar-refractivity contribution is -0.144. The van der Waals surface area contributed by atoms with Crippen molar-refractivity contribution < 1.29 is 17.9 Å². The van der Waals surface area contributed by atoms with Crippen LogP contribution in [0.15, 0.2) is 38.7 Å². The maximum atomic E-state index is 12.1. The first-order chi connectivity index (χ1) is 12.7. The maximum Gasteiger partial charge on any atom is 0.342 e. The number of carbonyl (C=O) groups is 1. The predicted molar refractivity (Wildman–Crippen MR) is 99.4 cm³/mol. The van der Waals surface area contributed by atoms with Gasteiger partial charge in [-0.3, -0.25) is 14.3 Å². The van der Waals surface area contributed by atoms with Crippen molar-refractivity contribution in [2.45, 2.75) is 33.8 Å². The second-order valence-corrected chi connectivity index (χ2v) is 7.52. The van der Waals surface area contributed by atoms with E-state index in [2.05, 4.69) is 19.1 Å². The molecule has 9 nitrogen and oxygen atoms in total. The number of aromatic amines is 1. The smallest absolute Gasteiger partial charge is 0.342 e. The van der Waals surface area contributed by atoms with Gasteiger partial charge in [-0.2, -0.15) is 8.42 Å². The highest BCUT2D eigenvalue weighted by Crippen LogP contribution is 2.17. The van der Waals surface area contributed by atoms with Gasteiger partial charge in [0.25, 0.3) is 5.56 Å². The Bertz CT molecular complexity index is 1160. The summed E-state index contributed by atoms with van der Waals surface area (Å²) in [6.45, 7) is 4.69. The summed E-state index contributed by atoms with van der Waals surface area (Å²) >= 11 is 0. The molecule has 0 saturated carbocycles. The normalized spacial score (nSPS) is 16.0. The molecule has 10 heteroatoms. The third-order valence-electron chi connectivity index (χ3n) is 4.11. The Balaban J connectivity index is 1.73. The largest absolute Gasteiger partial charge is 0.457 e. The van der Waals surface area contributed by atoms with E-state index in [-0.39, 0.29) is 30.1 Å². The Labute approximate surface area is 155 Å². The molecule has 1 aromatic heterocycles. The van der Waals surface area contributed by atoms with E-state index in [1.54, 1.807) is 19.1 Å². The molecular formula is C17H18N4O5S. The minimum absolute atomic E-state index is 0.152. The molecule has 2 N–H and O–H groups in total. The first-order valence-corrected chi connectivity index (χ1v) is 9.54. The summed E-state index contributed by atoms with van der Waals surface area (Å²) in [6.07, 6.45) is -0.152. The number of aryl methyl sites for hydroxylation is 1. The van der Waals surface area contributed by atoms with Crippen molar-refractivity contribution >= 4 is 32.8 Å². The average molecular weight is 390 g/mol. The molecular weight excluding hydrogens is 372 g/mol. The number of carbonyl (C=O) groups excluding carboxylic acids is 1. The second kappa shape index (κ2) is 6.95. The molecule has 2 aromatic rings. The van der Waals surface area contributed by atoms with Crippen molar-refractivity contribution in [1.82, 2.24) is 14.7 Å². The minimum atomic E-state index is -3.76. The molecule has 27 heavy (non-hydrogen) atoms. The van der Waals surface area contributed by atoms with Crippen LogP contribution in [0.5, 0.6) is 0 Å². The van der Waals surface area contributed by atoms with E-state index < -0.39 is 16.2 Å². The van der Waals surface area contributed by atoms with E-state index >= 15 is 0 Å². The van der Waals surface area contributed by atoms with Crippen LogP contribution in [0.2, 0.25) is 0 Å². The molecule has 1 aliphatic heterocycles. The molecule has 0 radical (unpaired) electrons. The van der Waals surface area contributed by atoms with Gasteiger partial charge in [-0.05, 0) is 32.4 Å². The van der Waals surface area contributed by atoms with Crippen LogP contribution < -0.4 is 10.3 Å². The summed E-state index contributed by atoms with van der Waals surface area (Å²) < 4.78 is 33.9. The van der Waals surface area contributed by atoms with Crippen molar-refractivity contribution in [3.63, 3.8) is 0 Å². The molecule has 0 saturated heterocycles. The fourth-order valence-electron chi connectivity index (χ4n) is 2.81. The van der Waals surface area contributed by atoms with Crippen LogP contribution in [0.1, 0.15) is 31.7 Å². The van der Waals surface area contributed by atoms with Crippen molar-refractivity contribution in [3.8, 4) is 0 Å². The summed E-state index contributed by atoms with van der Waals surface area (Å²) in [5, 5.41) is 0.465. The number of hydrogen-bond donors (Lipinski definition) is 2. The van der Waals surface area contributed by atoms with Crippen molar-refractivity contribution in [1.29, 1.82) is 0 Å². The average Bonchev–Trinajstić information content (AvgIpc) is 2.56. The SMILES string of the molecule is CC1=NS(=O)(=O)NC(C)=C1CC(=O)OCc1nc2c(C)cccc2c(=O)[nH]1. The maximum absolute atomic E-state index is 12.1. The molecule has 2 heterocycles. The molecule has 1 aliphatic rings. The molecule has 1 aromatic carbocycles. The van der Waals surface area contributed by atoms with Gasteiger partial charge in [0.2, 0.25) is 0 Å². The molecule has 0 aliphatic carbocycles. The molecule has 3 rings (SSSR count). The van der Waals surface area contributed by atoms with Gasteiger partial charge in [-0.15, -0.1) is 4.40 Å². The summed E-state index contributed by atoms with van der Waals surface area (Å²) in [7, 11) is -3.76. The van der Waals surface area contributed by atoms with Gasteiger partial charge in [0.1, 0.15) is 12.4 Å². The van der Waals surface area contributed by atoms with E-state index in [0.717, 1.165) is 5.56 Å². The molecule has 0 bridgehead atoms. The van der Waals surface area contributed by atoms with Gasteiger partial charge in [-0.25, -0.2) is 4.98 Å². The highest BCUT2D eigenvalue weighted by Gasteiger charge is 2.22. The van der Waals surface area contributed by atoms with Gasteiger partial charge < -0.3 is 9.72 Å². The number of hydrogen-bond acceptors (Lipinski definition) is 6. The van der Waals surface area contributed by atoms with E-state index in [9.17, 15) is 18.0 Å². The zero-order valence-corrected chi connectivity index (χ0v) is 15.8. The van der Waals surface area contributed by atoms with Crippen LogP contribution >= 0.6 is 0 Å². The third-order valence-corrected chi connectivity index (χ3v) is 5.18. The topological polar surface area (TPSA) is 131 Å². The van der Waals surface area contributed by atoms with Crippen molar-refractivity contribution in [3.05, 3.63) is 51.2 Å². The number of fused-ring (bicyclic) bond motifs is 1. The van der Waals surface area contributed by atoms with Crippen LogP contribution in [0.3, 0.4) is 0 Å². The van der Waals surface area contributed by atoms with Crippen molar-refractivity contribution in [2.24, 2.45) is 4.40 Å². The van der Waals surface area contributed by atoms with Gasteiger partial charge >= 0.3 is 16.2 Å². The Morgan fingerprint density at radius 3 is 2.67 bits per heavy atom. The molecule has 0 fully saturated rings. The van der Waals surface area contributed by atoms with Crippen molar-refractivity contribution in [2.75, 3.05) is 0 Å². The standard InChI is InChI=1S/C17H18N4O5S/c1-9-5-4-6-12-16(9)18-14(19-17(12)23)8-26-15(22)7-13-10(2)20-27(24,25)21-11(13)3/h4-6,20H,7-8H2,1-3H3,(H,18,19,23). The number of ether oxygens (including phenoxy) is 1. The number of esters is 1. The fourth-order valence-corrected chi connectivity index (χ4v) is 3.84. The highest BCUT2D eigenvalue weighted by atomic mass is 32.2.